The second kappa shape index (κ2) is 4.09. The molecule has 0 spiro atoms. The molecule has 4 heteroatoms. The van der Waals surface area contributed by atoms with Crippen molar-refractivity contribution < 1.29 is 13.2 Å². The van der Waals surface area contributed by atoms with Gasteiger partial charge in [-0.2, -0.15) is 0 Å². The van der Waals surface area contributed by atoms with Crippen molar-refractivity contribution in [3.8, 4) is 0 Å². The highest BCUT2D eigenvalue weighted by atomic mass is 19.3. The van der Waals surface area contributed by atoms with E-state index in [-0.39, 0.29) is 24.7 Å². The lowest BCUT2D eigenvalue weighted by Gasteiger charge is -2.37. The van der Waals surface area contributed by atoms with E-state index in [2.05, 4.69) is 0 Å². The second-order valence-corrected chi connectivity index (χ2v) is 4.36. The predicted molar refractivity (Wildman–Crippen MR) is 56.0 cm³/mol. The number of benzene rings is 1. The molecule has 0 N–H and O–H groups in total. The molecule has 0 radical (unpaired) electrons. The van der Waals surface area contributed by atoms with E-state index in [1.807, 2.05) is 11.9 Å². The van der Waals surface area contributed by atoms with Crippen LogP contribution >= 0.6 is 0 Å². The van der Waals surface area contributed by atoms with E-state index in [9.17, 15) is 13.2 Å². The maximum Gasteiger partial charge on any atom is 0.251 e. The van der Waals surface area contributed by atoms with Crippen LogP contribution in [0.4, 0.5) is 13.2 Å². The maximum atomic E-state index is 13.3. The summed E-state index contributed by atoms with van der Waals surface area (Å²) in [6.45, 7) is 0.370. The van der Waals surface area contributed by atoms with Gasteiger partial charge in [0, 0.05) is 25.4 Å². The van der Waals surface area contributed by atoms with E-state index in [1.54, 1.807) is 12.1 Å². The van der Waals surface area contributed by atoms with Crippen molar-refractivity contribution in [1.82, 2.24) is 4.90 Å². The van der Waals surface area contributed by atoms with Crippen molar-refractivity contribution in [2.24, 2.45) is 0 Å². The summed E-state index contributed by atoms with van der Waals surface area (Å²) in [5, 5.41) is 0. The van der Waals surface area contributed by atoms with Crippen molar-refractivity contribution in [3.05, 3.63) is 35.6 Å². The van der Waals surface area contributed by atoms with Gasteiger partial charge in [0.25, 0.3) is 5.92 Å². The Labute approximate surface area is 92.9 Å². The zero-order valence-corrected chi connectivity index (χ0v) is 9.09. The predicted octanol–water partition coefficient (Wildman–Crippen LogP) is 3.23. The minimum Gasteiger partial charge on any atom is -0.299 e. The number of halogens is 3. The van der Waals surface area contributed by atoms with Gasteiger partial charge in [-0.25, -0.2) is 13.2 Å². The Morgan fingerprint density at radius 3 is 2.50 bits per heavy atom. The summed E-state index contributed by atoms with van der Waals surface area (Å²) in [7, 11) is 1.82. The lowest BCUT2D eigenvalue weighted by atomic mass is 9.93. The van der Waals surface area contributed by atoms with Gasteiger partial charge in [-0.05, 0) is 24.7 Å². The Bertz CT molecular complexity index is 361. The SMILES string of the molecule is CN1CCC(F)(F)C[C@H]1c1ccc(F)cc1. The quantitative estimate of drug-likeness (QED) is 0.714. The fourth-order valence-corrected chi connectivity index (χ4v) is 2.09. The Balaban J connectivity index is 2.21. The molecule has 0 aliphatic carbocycles. The Hall–Kier alpha value is -1.03. The fraction of sp³-hybridized carbons (Fsp3) is 0.500. The third-order valence-electron chi connectivity index (χ3n) is 3.11. The first-order valence-corrected chi connectivity index (χ1v) is 5.31. The highest BCUT2D eigenvalue weighted by molar-refractivity contribution is 5.21. The number of alkyl halides is 2. The standard InChI is InChI=1S/C12H14F3N/c1-16-7-6-12(14,15)8-11(16)9-2-4-10(13)5-3-9/h2-5,11H,6-8H2,1H3/t11-/m0/s1. The second-order valence-electron chi connectivity index (χ2n) is 4.36. The summed E-state index contributed by atoms with van der Waals surface area (Å²) >= 11 is 0. The maximum absolute atomic E-state index is 13.3. The summed E-state index contributed by atoms with van der Waals surface area (Å²) < 4.78 is 39.3. The first-order valence-electron chi connectivity index (χ1n) is 5.31. The van der Waals surface area contributed by atoms with E-state index >= 15 is 0 Å². The van der Waals surface area contributed by atoms with Gasteiger partial charge in [0.2, 0.25) is 0 Å². The fourth-order valence-electron chi connectivity index (χ4n) is 2.09. The van der Waals surface area contributed by atoms with Crippen LogP contribution in [0.1, 0.15) is 24.4 Å². The summed E-state index contributed by atoms with van der Waals surface area (Å²) in [4.78, 5) is 1.89. The topological polar surface area (TPSA) is 3.24 Å². The number of hydrogen-bond acceptors (Lipinski definition) is 1. The van der Waals surface area contributed by atoms with E-state index in [0.717, 1.165) is 5.56 Å². The van der Waals surface area contributed by atoms with Crippen LogP contribution in [-0.2, 0) is 0 Å². The van der Waals surface area contributed by atoms with Gasteiger partial charge in [0.15, 0.2) is 0 Å². The number of rotatable bonds is 1. The molecule has 0 unspecified atom stereocenters. The Kier molecular flexibility index (Phi) is 2.93. The Morgan fingerprint density at radius 2 is 1.88 bits per heavy atom. The van der Waals surface area contributed by atoms with E-state index in [4.69, 9.17) is 0 Å². The summed E-state index contributed by atoms with van der Waals surface area (Å²) in [6.07, 6.45) is -0.281. The van der Waals surface area contributed by atoms with Crippen LogP contribution in [0.25, 0.3) is 0 Å². The molecule has 0 aromatic heterocycles. The molecular formula is C12H14F3N. The van der Waals surface area contributed by atoms with Crippen LogP contribution in [0.3, 0.4) is 0 Å². The molecule has 16 heavy (non-hydrogen) atoms. The molecule has 0 bridgehead atoms. The van der Waals surface area contributed by atoms with Crippen LogP contribution < -0.4 is 0 Å². The van der Waals surface area contributed by atoms with Gasteiger partial charge in [0.1, 0.15) is 5.82 Å². The van der Waals surface area contributed by atoms with Gasteiger partial charge in [-0.15, -0.1) is 0 Å². The highest BCUT2D eigenvalue weighted by Crippen LogP contribution is 2.38. The molecule has 0 amide bonds. The van der Waals surface area contributed by atoms with Crippen LogP contribution in [0.15, 0.2) is 24.3 Å². The molecule has 1 heterocycles. The van der Waals surface area contributed by atoms with Gasteiger partial charge in [-0.1, -0.05) is 12.1 Å². The monoisotopic (exact) mass is 229 g/mol. The van der Waals surface area contributed by atoms with Crippen LogP contribution in [-0.4, -0.2) is 24.4 Å². The summed E-state index contributed by atoms with van der Waals surface area (Å²) in [5.74, 6) is -2.94. The highest BCUT2D eigenvalue weighted by Gasteiger charge is 2.39. The number of nitrogens with zero attached hydrogens (tertiary/aromatic N) is 1. The lowest BCUT2D eigenvalue weighted by Crippen LogP contribution is -2.39. The number of piperidine rings is 1. The molecule has 88 valence electrons. The van der Waals surface area contributed by atoms with Crippen molar-refractivity contribution in [1.29, 1.82) is 0 Å². The molecule has 1 aliphatic heterocycles. The summed E-state index contributed by atoms with van der Waals surface area (Å²) in [5.41, 5.74) is 0.753. The largest absolute Gasteiger partial charge is 0.299 e. The van der Waals surface area contributed by atoms with Crippen molar-refractivity contribution in [3.63, 3.8) is 0 Å². The van der Waals surface area contributed by atoms with Crippen molar-refractivity contribution in [2.45, 2.75) is 24.8 Å². The third kappa shape index (κ3) is 2.38. The smallest absolute Gasteiger partial charge is 0.251 e. The molecule has 2 rings (SSSR count). The molecule has 1 fully saturated rings. The zero-order valence-electron chi connectivity index (χ0n) is 9.09. The summed E-state index contributed by atoms with van der Waals surface area (Å²) in [6, 6.07) is 5.48. The van der Waals surface area contributed by atoms with Crippen LogP contribution in [0.5, 0.6) is 0 Å². The molecule has 1 aliphatic rings. The molecule has 1 nitrogen and oxygen atoms in total. The average molecular weight is 229 g/mol. The van der Waals surface area contributed by atoms with Crippen LogP contribution in [0, 0.1) is 5.82 Å². The zero-order chi connectivity index (χ0) is 11.8. The molecule has 1 aromatic rings. The van der Waals surface area contributed by atoms with E-state index in [0.29, 0.717) is 6.54 Å². The van der Waals surface area contributed by atoms with E-state index in [1.165, 1.54) is 12.1 Å². The first-order chi connectivity index (χ1) is 7.48. The van der Waals surface area contributed by atoms with E-state index < -0.39 is 5.92 Å². The molecule has 1 aromatic carbocycles. The minimum atomic E-state index is -2.61. The van der Waals surface area contributed by atoms with Gasteiger partial charge >= 0.3 is 0 Å². The van der Waals surface area contributed by atoms with Gasteiger partial charge in [0.05, 0.1) is 0 Å². The molecular weight excluding hydrogens is 215 g/mol. The number of likely N-dealkylation sites (tertiary alicyclic amines) is 1. The number of hydrogen-bond donors (Lipinski definition) is 0. The van der Waals surface area contributed by atoms with Crippen molar-refractivity contribution >= 4 is 0 Å². The average Bonchev–Trinajstić information content (AvgIpc) is 2.23. The van der Waals surface area contributed by atoms with Crippen LogP contribution in [0.2, 0.25) is 0 Å². The molecule has 1 atom stereocenters. The molecule has 1 saturated heterocycles. The third-order valence-corrected chi connectivity index (χ3v) is 3.11. The van der Waals surface area contributed by atoms with Crippen molar-refractivity contribution in [2.75, 3.05) is 13.6 Å². The van der Waals surface area contributed by atoms with Gasteiger partial charge < -0.3 is 0 Å². The molecule has 0 saturated carbocycles. The van der Waals surface area contributed by atoms with Gasteiger partial charge in [-0.3, -0.25) is 4.90 Å². The minimum absolute atomic E-state index is 0.0960. The lowest BCUT2D eigenvalue weighted by molar-refractivity contribution is -0.0732. The first kappa shape index (κ1) is 11.5. The Morgan fingerprint density at radius 1 is 1.25 bits per heavy atom. The normalized spacial score (nSPS) is 25.6.